The van der Waals surface area contributed by atoms with E-state index in [4.69, 9.17) is 0 Å². The van der Waals surface area contributed by atoms with Gasteiger partial charge in [0, 0.05) is 18.2 Å². The highest BCUT2D eigenvalue weighted by Gasteiger charge is 2.40. The molecule has 0 heterocycles. The third-order valence-electron chi connectivity index (χ3n) is 5.57. The van der Waals surface area contributed by atoms with Crippen molar-refractivity contribution in [2.45, 2.75) is 58.5 Å². The summed E-state index contributed by atoms with van der Waals surface area (Å²) in [6.07, 6.45) is 1.10. The van der Waals surface area contributed by atoms with Gasteiger partial charge in [0.15, 0.2) is 0 Å². The van der Waals surface area contributed by atoms with E-state index in [1.807, 2.05) is 32.0 Å². The van der Waals surface area contributed by atoms with Crippen LogP contribution in [0.1, 0.15) is 51.7 Å². The quantitative estimate of drug-likeness (QED) is 0.524. The SMILES string of the molecule is CC(C)N(CCCC(C#N)(c1c(F)cccc1F)C(C)C)Cc1ccccc1. The fraction of sp³-hybridized carbons (Fsp3) is 0.458. The minimum absolute atomic E-state index is 0.0911. The molecule has 0 aliphatic heterocycles. The van der Waals surface area contributed by atoms with E-state index in [0.29, 0.717) is 18.9 Å². The monoisotopic (exact) mass is 384 g/mol. The van der Waals surface area contributed by atoms with Crippen molar-refractivity contribution >= 4 is 0 Å². The van der Waals surface area contributed by atoms with E-state index >= 15 is 0 Å². The van der Waals surface area contributed by atoms with E-state index in [0.717, 1.165) is 13.1 Å². The molecule has 0 amide bonds. The van der Waals surface area contributed by atoms with E-state index in [-0.39, 0.29) is 11.5 Å². The molecule has 0 aliphatic rings. The molecule has 0 saturated heterocycles. The molecule has 2 nitrogen and oxygen atoms in total. The highest BCUT2D eigenvalue weighted by molar-refractivity contribution is 5.36. The second kappa shape index (κ2) is 9.80. The summed E-state index contributed by atoms with van der Waals surface area (Å²) in [7, 11) is 0. The van der Waals surface area contributed by atoms with Crippen molar-refractivity contribution in [2.75, 3.05) is 6.54 Å². The molecule has 0 spiro atoms. The number of hydrogen-bond acceptors (Lipinski definition) is 2. The first-order valence-electron chi connectivity index (χ1n) is 9.95. The van der Waals surface area contributed by atoms with Gasteiger partial charge in [-0.15, -0.1) is 0 Å². The van der Waals surface area contributed by atoms with Gasteiger partial charge in [-0.3, -0.25) is 4.90 Å². The highest BCUT2D eigenvalue weighted by Crippen LogP contribution is 2.39. The highest BCUT2D eigenvalue weighted by atomic mass is 19.1. The smallest absolute Gasteiger partial charge is 0.130 e. The van der Waals surface area contributed by atoms with Gasteiger partial charge in [0.05, 0.1) is 11.5 Å². The van der Waals surface area contributed by atoms with Gasteiger partial charge in [-0.2, -0.15) is 5.26 Å². The van der Waals surface area contributed by atoms with Crippen LogP contribution < -0.4 is 0 Å². The maximum Gasteiger partial charge on any atom is 0.130 e. The summed E-state index contributed by atoms with van der Waals surface area (Å²) in [5, 5.41) is 9.96. The normalized spacial score (nSPS) is 13.7. The maximum atomic E-state index is 14.5. The molecular formula is C24H30F2N2. The molecule has 28 heavy (non-hydrogen) atoms. The van der Waals surface area contributed by atoms with Crippen molar-refractivity contribution in [3.63, 3.8) is 0 Å². The summed E-state index contributed by atoms with van der Waals surface area (Å²) in [4.78, 5) is 2.33. The molecule has 150 valence electrons. The summed E-state index contributed by atoms with van der Waals surface area (Å²) in [5.41, 5.74) is -0.0384. The number of nitrogens with zero attached hydrogens (tertiary/aromatic N) is 2. The predicted molar refractivity (Wildman–Crippen MR) is 110 cm³/mol. The van der Waals surface area contributed by atoms with Crippen molar-refractivity contribution in [1.82, 2.24) is 4.90 Å². The van der Waals surface area contributed by atoms with Crippen LogP contribution in [0.15, 0.2) is 48.5 Å². The Hall–Kier alpha value is -2.25. The summed E-state index contributed by atoms with van der Waals surface area (Å²) >= 11 is 0. The van der Waals surface area contributed by atoms with Crippen LogP contribution in [0.2, 0.25) is 0 Å². The van der Waals surface area contributed by atoms with Gasteiger partial charge in [0.2, 0.25) is 0 Å². The second-order valence-corrected chi connectivity index (χ2v) is 7.99. The first-order chi connectivity index (χ1) is 13.3. The summed E-state index contributed by atoms with van der Waals surface area (Å²) in [5.74, 6) is -1.48. The van der Waals surface area contributed by atoms with E-state index in [9.17, 15) is 14.0 Å². The fourth-order valence-corrected chi connectivity index (χ4v) is 3.77. The third-order valence-corrected chi connectivity index (χ3v) is 5.57. The molecular weight excluding hydrogens is 354 g/mol. The van der Waals surface area contributed by atoms with Gasteiger partial charge in [0.25, 0.3) is 0 Å². The largest absolute Gasteiger partial charge is 0.297 e. The van der Waals surface area contributed by atoms with Crippen LogP contribution in [0.25, 0.3) is 0 Å². The number of hydrogen-bond donors (Lipinski definition) is 0. The first-order valence-corrected chi connectivity index (χ1v) is 9.95. The lowest BCUT2D eigenvalue weighted by atomic mass is 9.69. The first kappa shape index (κ1) is 22.0. The number of rotatable bonds is 9. The molecule has 4 heteroatoms. The van der Waals surface area contributed by atoms with E-state index in [1.54, 1.807) is 0 Å². The lowest BCUT2D eigenvalue weighted by Gasteiger charge is -2.33. The Morgan fingerprint density at radius 2 is 1.57 bits per heavy atom. The van der Waals surface area contributed by atoms with Crippen LogP contribution >= 0.6 is 0 Å². The zero-order valence-corrected chi connectivity index (χ0v) is 17.3. The molecule has 1 atom stereocenters. The van der Waals surface area contributed by atoms with E-state index < -0.39 is 17.0 Å². The van der Waals surface area contributed by atoms with Gasteiger partial charge in [-0.1, -0.05) is 50.2 Å². The lowest BCUT2D eigenvalue weighted by Crippen LogP contribution is -2.36. The summed E-state index contributed by atoms with van der Waals surface area (Å²) in [6, 6.07) is 16.7. The molecule has 0 aromatic heterocycles. The Kier molecular flexibility index (Phi) is 7.71. The molecule has 0 fully saturated rings. The molecule has 0 bridgehead atoms. The molecule has 2 rings (SSSR count). The Balaban J connectivity index is 2.18. The molecule has 2 aromatic carbocycles. The number of nitriles is 1. The van der Waals surface area contributed by atoms with Crippen LogP contribution in [-0.2, 0) is 12.0 Å². The summed E-state index contributed by atoms with van der Waals surface area (Å²) in [6.45, 7) is 9.57. The van der Waals surface area contributed by atoms with E-state index in [2.05, 4.69) is 36.9 Å². The molecule has 2 aromatic rings. The maximum absolute atomic E-state index is 14.5. The molecule has 0 aliphatic carbocycles. The van der Waals surface area contributed by atoms with Gasteiger partial charge in [-0.25, -0.2) is 8.78 Å². The average Bonchev–Trinajstić information content (AvgIpc) is 2.66. The number of benzene rings is 2. The minimum Gasteiger partial charge on any atom is -0.297 e. The number of halogens is 2. The van der Waals surface area contributed by atoms with Crippen LogP contribution in [-0.4, -0.2) is 17.5 Å². The van der Waals surface area contributed by atoms with E-state index in [1.165, 1.54) is 23.8 Å². The predicted octanol–water partition coefficient (Wildman–Crippen LogP) is 6.07. The van der Waals surface area contributed by atoms with Crippen LogP contribution in [0.3, 0.4) is 0 Å². The molecule has 0 radical (unpaired) electrons. The van der Waals surface area contributed by atoms with Crippen molar-refractivity contribution in [2.24, 2.45) is 5.92 Å². The van der Waals surface area contributed by atoms with Crippen molar-refractivity contribution < 1.29 is 8.78 Å². The average molecular weight is 385 g/mol. The molecule has 0 N–H and O–H groups in total. The minimum atomic E-state index is -1.18. The fourth-order valence-electron chi connectivity index (χ4n) is 3.77. The van der Waals surface area contributed by atoms with Crippen LogP contribution in [0.4, 0.5) is 8.78 Å². The zero-order valence-electron chi connectivity index (χ0n) is 17.3. The van der Waals surface area contributed by atoms with Gasteiger partial charge in [-0.05, 0) is 56.8 Å². The second-order valence-electron chi connectivity index (χ2n) is 7.99. The lowest BCUT2D eigenvalue weighted by molar-refractivity contribution is 0.198. The van der Waals surface area contributed by atoms with Crippen LogP contribution in [0.5, 0.6) is 0 Å². The molecule has 1 unspecified atom stereocenters. The topological polar surface area (TPSA) is 27.0 Å². The Morgan fingerprint density at radius 1 is 0.964 bits per heavy atom. The Morgan fingerprint density at radius 3 is 2.07 bits per heavy atom. The Bertz CT molecular complexity index is 776. The van der Waals surface area contributed by atoms with Gasteiger partial charge in [0.1, 0.15) is 11.6 Å². The Labute approximate surface area is 167 Å². The van der Waals surface area contributed by atoms with Gasteiger partial charge >= 0.3 is 0 Å². The molecule has 0 saturated carbocycles. The van der Waals surface area contributed by atoms with Gasteiger partial charge < -0.3 is 0 Å². The zero-order chi connectivity index (χ0) is 20.7. The van der Waals surface area contributed by atoms with Crippen molar-refractivity contribution in [3.05, 3.63) is 71.3 Å². The third kappa shape index (κ3) is 4.97. The van der Waals surface area contributed by atoms with Crippen molar-refractivity contribution in [3.8, 4) is 6.07 Å². The van der Waals surface area contributed by atoms with Crippen LogP contribution in [0, 0.1) is 28.9 Å². The summed E-state index contributed by atoms with van der Waals surface area (Å²) < 4.78 is 29.0. The van der Waals surface area contributed by atoms with Crippen molar-refractivity contribution in [1.29, 1.82) is 5.26 Å². The standard InChI is InChI=1S/C24H30F2N2/c1-18(2)24(17-27,23-21(25)12-8-13-22(23)26)14-9-15-28(19(3)4)16-20-10-6-5-7-11-20/h5-8,10-13,18-19H,9,14-16H2,1-4H3.